The van der Waals surface area contributed by atoms with Crippen molar-refractivity contribution < 1.29 is 4.39 Å². The van der Waals surface area contributed by atoms with E-state index in [1.54, 1.807) is 6.20 Å². The Hall–Kier alpha value is -1.00. The zero-order chi connectivity index (χ0) is 11.3. The van der Waals surface area contributed by atoms with Crippen LogP contribution >= 0.6 is 0 Å². The van der Waals surface area contributed by atoms with Crippen molar-refractivity contribution in [3.05, 3.63) is 29.8 Å². The Morgan fingerprint density at radius 1 is 1.53 bits per heavy atom. The molecule has 0 spiro atoms. The number of rotatable bonds is 5. The van der Waals surface area contributed by atoms with Gasteiger partial charge in [0.25, 0.3) is 0 Å². The second-order valence-electron chi connectivity index (χ2n) is 3.70. The number of hydrogen-bond donors (Lipinski definition) is 1. The quantitative estimate of drug-likeness (QED) is 0.798. The maximum absolute atomic E-state index is 12.9. The van der Waals surface area contributed by atoms with E-state index in [1.807, 2.05) is 21.0 Å². The van der Waals surface area contributed by atoms with E-state index in [2.05, 4.69) is 15.2 Å². The van der Waals surface area contributed by atoms with Crippen LogP contribution in [0.1, 0.15) is 18.5 Å². The zero-order valence-corrected chi connectivity index (χ0v) is 9.50. The summed E-state index contributed by atoms with van der Waals surface area (Å²) in [5, 5.41) is 3.08. The lowest BCUT2D eigenvalue weighted by Crippen LogP contribution is -2.29. The third-order valence-electron chi connectivity index (χ3n) is 2.58. The molecule has 0 bridgehead atoms. The number of halogens is 1. The Kier molecular flexibility index (Phi) is 4.65. The van der Waals surface area contributed by atoms with Gasteiger partial charge >= 0.3 is 0 Å². The van der Waals surface area contributed by atoms with E-state index >= 15 is 0 Å². The molecule has 0 aromatic carbocycles. The maximum atomic E-state index is 12.9. The van der Waals surface area contributed by atoms with Crippen LogP contribution in [0.25, 0.3) is 0 Å². The number of nitrogens with zero attached hydrogens (tertiary/aromatic N) is 2. The van der Waals surface area contributed by atoms with Crippen LogP contribution in [0.15, 0.2) is 18.5 Å². The average Bonchev–Trinajstić information content (AvgIpc) is 2.24. The summed E-state index contributed by atoms with van der Waals surface area (Å²) in [6.07, 6.45) is 2.94. The van der Waals surface area contributed by atoms with Crippen molar-refractivity contribution in [2.45, 2.75) is 13.0 Å². The lowest BCUT2D eigenvalue weighted by Gasteiger charge is -2.24. The van der Waals surface area contributed by atoms with Gasteiger partial charge in [0.05, 0.1) is 6.20 Å². The van der Waals surface area contributed by atoms with Gasteiger partial charge in [-0.15, -0.1) is 0 Å². The van der Waals surface area contributed by atoms with E-state index in [-0.39, 0.29) is 11.9 Å². The maximum Gasteiger partial charge on any atom is 0.141 e. The highest BCUT2D eigenvalue weighted by atomic mass is 19.1. The first kappa shape index (κ1) is 12.1. The summed E-state index contributed by atoms with van der Waals surface area (Å²) in [6, 6.07) is 1.72. The van der Waals surface area contributed by atoms with Crippen LogP contribution in [-0.2, 0) is 0 Å². The van der Waals surface area contributed by atoms with Crippen molar-refractivity contribution in [3.8, 4) is 0 Å². The summed E-state index contributed by atoms with van der Waals surface area (Å²) in [6.45, 7) is 3.89. The van der Waals surface area contributed by atoms with Gasteiger partial charge in [-0.3, -0.25) is 9.88 Å². The lowest BCUT2D eigenvalue weighted by molar-refractivity contribution is 0.262. The van der Waals surface area contributed by atoms with Gasteiger partial charge in [-0.1, -0.05) is 0 Å². The summed E-state index contributed by atoms with van der Waals surface area (Å²) >= 11 is 0. The molecule has 15 heavy (non-hydrogen) atoms. The standard InChI is InChI=1S/C11H18FN3/c1-9(15(3)5-4-13-2)10-6-11(12)8-14-7-10/h6-9,13H,4-5H2,1-3H3. The van der Waals surface area contributed by atoms with E-state index in [0.717, 1.165) is 18.7 Å². The Morgan fingerprint density at radius 3 is 2.87 bits per heavy atom. The molecule has 4 heteroatoms. The van der Waals surface area contributed by atoms with Crippen LogP contribution < -0.4 is 5.32 Å². The van der Waals surface area contributed by atoms with Crippen LogP contribution in [0.5, 0.6) is 0 Å². The molecular formula is C11H18FN3. The molecule has 1 aromatic heterocycles. The monoisotopic (exact) mass is 211 g/mol. The second-order valence-corrected chi connectivity index (χ2v) is 3.70. The predicted molar refractivity (Wildman–Crippen MR) is 59.2 cm³/mol. The minimum Gasteiger partial charge on any atom is -0.318 e. The second kappa shape index (κ2) is 5.78. The first-order valence-corrected chi connectivity index (χ1v) is 5.10. The number of nitrogens with one attached hydrogen (secondary N) is 1. The van der Waals surface area contributed by atoms with E-state index in [4.69, 9.17) is 0 Å². The molecule has 84 valence electrons. The molecule has 1 aromatic rings. The van der Waals surface area contributed by atoms with Crippen LogP contribution in [0.4, 0.5) is 4.39 Å². The summed E-state index contributed by atoms with van der Waals surface area (Å²) in [4.78, 5) is 6.01. The van der Waals surface area contributed by atoms with Crippen molar-refractivity contribution in [1.29, 1.82) is 0 Å². The first-order valence-electron chi connectivity index (χ1n) is 5.10. The highest BCUT2D eigenvalue weighted by molar-refractivity contribution is 5.14. The molecule has 0 amide bonds. The molecule has 0 radical (unpaired) electrons. The highest BCUT2D eigenvalue weighted by Gasteiger charge is 2.11. The Bertz CT molecular complexity index is 304. The Morgan fingerprint density at radius 2 is 2.27 bits per heavy atom. The molecule has 0 fully saturated rings. The van der Waals surface area contributed by atoms with Gasteiger partial charge in [-0.05, 0) is 32.6 Å². The molecule has 1 rings (SSSR count). The van der Waals surface area contributed by atoms with E-state index in [1.165, 1.54) is 12.3 Å². The van der Waals surface area contributed by atoms with Gasteiger partial charge in [0.2, 0.25) is 0 Å². The highest BCUT2D eigenvalue weighted by Crippen LogP contribution is 2.17. The Labute approximate surface area is 90.3 Å². The third-order valence-corrected chi connectivity index (χ3v) is 2.58. The smallest absolute Gasteiger partial charge is 0.141 e. The topological polar surface area (TPSA) is 28.2 Å². The predicted octanol–water partition coefficient (Wildman–Crippen LogP) is 1.43. The number of pyridine rings is 1. The van der Waals surface area contributed by atoms with E-state index in [0.29, 0.717) is 0 Å². The molecule has 1 unspecified atom stereocenters. The molecule has 1 N–H and O–H groups in total. The third kappa shape index (κ3) is 3.57. The normalized spacial score (nSPS) is 13.1. The van der Waals surface area contributed by atoms with Crippen molar-refractivity contribution in [3.63, 3.8) is 0 Å². The first-order chi connectivity index (χ1) is 7.15. The fourth-order valence-corrected chi connectivity index (χ4v) is 1.39. The van der Waals surface area contributed by atoms with Crippen LogP contribution in [-0.4, -0.2) is 37.1 Å². The minimum absolute atomic E-state index is 0.182. The van der Waals surface area contributed by atoms with Crippen molar-refractivity contribution >= 4 is 0 Å². The molecule has 1 atom stereocenters. The van der Waals surface area contributed by atoms with Crippen LogP contribution in [0, 0.1) is 5.82 Å². The molecule has 0 aliphatic heterocycles. The summed E-state index contributed by atoms with van der Waals surface area (Å²) < 4.78 is 12.9. The SMILES string of the molecule is CNCCN(C)C(C)c1cncc(F)c1. The largest absolute Gasteiger partial charge is 0.318 e. The van der Waals surface area contributed by atoms with Gasteiger partial charge in [-0.2, -0.15) is 0 Å². The lowest BCUT2D eigenvalue weighted by atomic mass is 10.1. The summed E-state index contributed by atoms with van der Waals surface area (Å²) in [5.74, 6) is -0.277. The van der Waals surface area contributed by atoms with Crippen LogP contribution in [0.2, 0.25) is 0 Å². The molecule has 0 aliphatic rings. The van der Waals surface area contributed by atoms with Gasteiger partial charge < -0.3 is 5.32 Å². The van der Waals surface area contributed by atoms with E-state index in [9.17, 15) is 4.39 Å². The number of aromatic nitrogens is 1. The summed E-state index contributed by atoms with van der Waals surface area (Å²) in [5.41, 5.74) is 0.911. The van der Waals surface area contributed by atoms with Crippen molar-refractivity contribution in [2.24, 2.45) is 0 Å². The van der Waals surface area contributed by atoms with Gasteiger partial charge in [-0.25, -0.2) is 4.39 Å². The molecular weight excluding hydrogens is 193 g/mol. The van der Waals surface area contributed by atoms with Gasteiger partial charge in [0.1, 0.15) is 5.82 Å². The molecule has 0 saturated heterocycles. The summed E-state index contributed by atoms with van der Waals surface area (Å²) in [7, 11) is 3.94. The van der Waals surface area contributed by atoms with Crippen molar-refractivity contribution in [2.75, 3.05) is 27.2 Å². The molecule has 0 saturated carbocycles. The molecule has 0 aliphatic carbocycles. The van der Waals surface area contributed by atoms with E-state index < -0.39 is 0 Å². The molecule has 3 nitrogen and oxygen atoms in total. The fourth-order valence-electron chi connectivity index (χ4n) is 1.39. The Balaban J connectivity index is 2.62. The fraction of sp³-hybridized carbons (Fsp3) is 0.545. The van der Waals surface area contributed by atoms with Crippen LogP contribution in [0.3, 0.4) is 0 Å². The number of hydrogen-bond acceptors (Lipinski definition) is 3. The molecule has 1 heterocycles. The average molecular weight is 211 g/mol. The van der Waals surface area contributed by atoms with Gasteiger partial charge in [0.15, 0.2) is 0 Å². The number of likely N-dealkylation sites (N-methyl/N-ethyl adjacent to an activating group) is 2. The zero-order valence-electron chi connectivity index (χ0n) is 9.50. The van der Waals surface area contributed by atoms with Gasteiger partial charge in [0, 0.05) is 25.3 Å². The minimum atomic E-state index is -0.277. The van der Waals surface area contributed by atoms with Crippen molar-refractivity contribution in [1.82, 2.24) is 15.2 Å².